The number of anilines is 1. The molecule has 0 bridgehead atoms. The maximum absolute atomic E-state index is 5.97. The van der Waals surface area contributed by atoms with Crippen LogP contribution in [0.1, 0.15) is 5.56 Å². The Balaban J connectivity index is 1.51. The maximum Gasteiger partial charge on any atom is 0.227 e. The van der Waals surface area contributed by atoms with Crippen LogP contribution in [0.25, 0.3) is 11.2 Å². The van der Waals surface area contributed by atoms with Crippen molar-refractivity contribution >= 4 is 17.1 Å². The Labute approximate surface area is 128 Å². The van der Waals surface area contributed by atoms with E-state index in [9.17, 15) is 0 Å². The van der Waals surface area contributed by atoms with Gasteiger partial charge in [-0.3, -0.25) is 0 Å². The number of ether oxygens (including phenoxy) is 1. The van der Waals surface area contributed by atoms with Crippen LogP contribution in [-0.4, -0.2) is 39.2 Å². The van der Waals surface area contributed by atoms with E-state index in [0.717, 1.165) is 29.9 Å². The van der Waals surface area contributed by atoms with Gasteiger partial charge in [-0.2, -0.15) is 4.98 Å². The van der Waals surface area contributed by atoms with E-state index in [0.29, 0.717) is 5.95 Å². The van der Waals surface area contributed by atoms with Crippen molar-refractivity contribution in [2.45, 2.75) is 12.5 Å². The number of hydrogen-bond acceptors (Lipinski definition) is 5. The quantitative estimate of drug-likeness (QED) is 0.737. The van der Waals surface area contributed by atoms with Crippen molar-refractivity contribution in [3.8, 4) is 5.75 Å². The largest absolute Gasteiger partial charge is 0.488 e. The SMILES string of the molecule is CN(CC1Cc2ccccc2O1)c1ncc2c(ncn2C)n1. The lowest BCUT2D eigenvalue weighted by molar-refractivity contribution is 0.239. The summed E-state index contributed by atoms with van der Waals surface area (Å²) >= 11 is 0. The molecule has 6 nitrogen and oxygen atoms in total. The molecule has 1 aliphatic rings. The average Bonchev–Trinajstić information content (AvgIpc) is 3.10. The first kappa shape index (κ1) is 13.1. The smallest absolute Gasteiger partial charge is 0.227 e. The number of para-hydroxylation sites is 1. The van der Waals surface area contributed by atoms with E-state index in [1.54, 1.807) is 6.33 Å². The van der Waals surface area contributed by atoms with E-state index < -0.39 is 0 Å². The molecule has 0 amide bonds. The Bertz CT molecular complexity index is 803. The van der Waals surface area contributed by atoms with Gasteiger partial charge in [0.15, 0.2) is 5.65 Å². The first-order valence-corrected chi connectivity index (χ1v) is 7.30. The molecule has 0 N–H and O–H groups in total. The van der Waals surface area contributed by atoms with Crippen molar-refractivity contribution in [2.24, 2.45) is 7.05 Å². The van der Waals surface area contributed by atoms with Gasteiger partial charge in [0, 0.05) is 20.5 Å². The molecule has 0 saturated heterocycles. The molecular formula is C16H17N5O. The number of rotatable bonds is 3. The molecule has 0 spiro atoms. The number of benzene rings is 1. The molecule has 2 aromatic heterocycles. The van der Waals surface area contributed by atoms with Gasteiger partial charge in [0.2, 0.25) is 5.95 Å². The molecule has 0 radical (unpaired) electrons. The molecule has 0 saturated carbocycles. The predicted octanol–water partition coefficient (Wildman–Crippen LogP) is 1.80. The fourth-order valence-electron chi connectivity index (χ4n) is 2.83. The van der Waals surface area contributed by atoms with Gasteiger partial charge < -0.3 is 14.2 Å². The highest BCUT2D eigenvalue weighted by atomic mass is 16.5. The molecule has 6 heteroatoms. The van der Waals surface area contributed by atoms with Gasteiger partial charge in [0.1, 0.15) is 17.4 Å². The van der Waals surface area contributed by atoms with Crippen LogP contribution in [0.5, 0.6) is 5.75 Å². The molecule has 22 heavy (non-hydrogen) atoms. The van der Waals surface area contributed by atoms with Crippen molar-refractivity contribution in [2.75, 3.05) is 18.5 Å². The van der Waals surface area contributed by atoms with Crippen LogP contribution in [0.15, 0.2) is 36.8 Å². The third-order valence-electron chi connectivity index (χ3n) is 4.00. The summed E-state index contributed by atoms with van der Waals surface area (Å²) in [4.78, 5) is 15.2. The van der Waals surface area contributed by atoms with E-state index >= 15 is 0 Å². The van der Waals surface area contributed by atoms with Gasteiger partial charge >= 0.3 is 0 Å². The molecule has 1 unspecified atom stereocenters. The summed E-state index contributed by atoms with van der Waals surface area (Å²) in [5.41, 5.74) is 2.92. The Morgan fingerprint density at radius 1 is 1.32 bits per heavy atom. The highest BCUT2D eigenvalue weighted by Gasteiger charge is 2.24. The summed E-state index contributed by atoms with van der Waals surface area (Å²) in [6.45, 7) is 0.743. The van der Waals surface area contributed by atoms with Crippen LogP contribution >= 0.6 is 0 Å². The van der Waals surface area contributed by atoms with Crippen LogP contribution in [-0.2, 0) is 13.5 Å². The zero-order valence-electron chi connectivity index (χ0n) is 12.6. The molecule has 3 aromatic rings. The molecule has 0 aliphatic carbocycles. The number of hydrogen-bond donors (Lipinski definition) is 0. The maximum atomic E-state index is 5.97. The van der Waals surface area contributed by atoms with Crippen LogP contribution in [0.2, 0.25) is 0 Å². The first-order valence-electron chi connectivity index (χ1n) is 7.30. The van der Waals surface area contributed by atoms with E-state index in [-0.39, 0.29) is 6.10 Å². The van der Waals surface area contributed by atoms with Crippen molar-refractivity contribution < 1.29 is 4.74 Å². The fourth-order valence-corrected chi connectivity index (χ4v) is 2.83. The van der Waals surface area contributed by atoms with E-state index in [1.165, 1.54) is 5.56 Å². The molecular weight excluding hydrogens is 278 g/mol. The Hall–Kier alpha value is -2.63. The van der Waals surface area contributed by atoms with Crippen LogP contribution in [0.3, 0.4) is 0 Å². The van der Waals surface area contributed by atoms with Crippen LogP contribution in [0, 0.1) is 0 Å². The second-order valence-corrected chi connectivity index (χ2v) is 5.67. The summed E-state index contributed by atoms with van der Waals surface area (Å²) in [5.74, 6) is 1.66. The summed E-state index contributed by atoms with van der Waals surface area (Å²) < 4.78 is 7.89. The first-order chi connectivity index (χ1) is 10.7. The van der Waals surface area contributed by atoms with Crippen molar-refractivity contribution in [1.29, 1.82) is 0 Å². The fraction of sp³-hybridized carbons (Fsp3) is 0.312. The normalized spacial score (nSPS) is 16.5. The summed E-state index contributed by atoms with van der Waals surface area (Å²) in [6.07, 6.45) is 4.61. The standard InChI is InChI=1S/C16H17N5O/c1-20(9-12-7-11-5-3-4-6-14(11)22-12)16-17-8-13-15(19-16)18-10-21(13)2/h3-6,8,10,12H,7,9H2,1-2H3. The predicted molar refractivity (Wildman–Crippen MR) is 84.1 cm³/mol. The molecule has 3 heterocycles. The zero-order chi connectivity index (χ0) is 15.1. The van der Waals surface area contributed by atoms with Crippen molar-refractivity contribution in [3.63, 3.8) is 0 Å². The van der Waals surface area contributed by atoms with Gasteiger partial charge in [0.05, 0.1) is 19.1 Å². The molecule has 1 aromatic carbocycles. The van der Waals surface area contributed by atoms with Crippen LogP contribution in [0.4, 0.5) is 5.95 Å². The van der Waals surface area contributed by atoms with Gasteiger partial charge in [-0.25, -0.2) is 9.97 Å². The lowest BCUT2D eigenvalue weighted by atomic mass is 10.1. The lowest BCUT2D eigenvalue weighted by Crippen LogP contribution is -2.33. The number of fused-ring (bicyclic) bond motifs is 2. The van der Waals surface area contributed by atoms with Gasteiger partial charge in [-0.1, -0.05) is 18.2 Å². The van der Waals surface area contributed by atoms with Crippen LogP contribution < -0.4 is 9.64 Å². The number of aromatic nitrogens is 4. The number of imidazole rings is 1. The van der Waals surface area contributed by atoms with E-state index in [2.05, 4.69) is 21.0 Å². The third kappa shape index (κ3) is 2.16. The highest BCUT2D eigenvalue weighted by Crippen LogP contribution is 2.28. The average molecular weight is 295 g/mol. The van der Waals surface area contributed by atoms with Crippen molar-refractivity contribution in [3.05, 3.63) is 42.4 Å². The van der Waals surface area contributed by atoms with Gasteiger partial charge in [0.25, 0.3) is 0 Å². The third-order valence-corrected chi connectivity index (χ3v) is 4.00. The minimum atomic E-state index is 0.130. The summed E-state index contributed by atoms with van der Waals surface area (Å²) in [7, 11) is 3.92. The molecule has 0 fully saturated rings. The zero-order valence-corrected chi connectivity index (χ0v) is 12.6. The van der Waals surface area contributed by atoms with Crippen molar-refractivity contribution in [1.82, 2.24) is 19.5 Å². The van der Waals surface area contributed by atoms with E-state index in [1.807, 2.05) is 48.0 Å². The number of nitrogens with zero attached hydrogens (tertiary/aromatic N) is 5. The summed E-state index contributed by atoms with van der Waals surface area (Å²) in [5, 5.41) is 0. The second-order valence-electron chi connectivity index (χ2n) is 5.67. The minimum Gasteiger partial charge on any atom is -0.488 e. The molecule has 112 valence electrons. The number of aryl methyl sites for hydroxylation is 1. The monoisotopic (exact) mass is 295 g/mol. The van der Waals surface area contributed by atoms with Gasteiger partial charge in [-0.05, 0) is 11.6 Å². The van der Waals surface area contributed by atoms with Gasteiger partial charge in [-0.15, -0.1) is 0 Å². The second kappa shape index (κ2) is 4.98. The Kier molecular flexibility index (Phi) is 2.96. The molecule has 1 atom stereocenters. The lowest BCUT2D eigenvalue weighted by Gasteiger charge is -2.20. The Morgan fingerprint density at radius 2 is 2.18 bits per heavy atom. The number of likely N-dealkylation sites (N-methyl/N-ethyl adjacent to an activating group) is 1. The van der Waals surface area contributed by atoms with E-state index in [4.69, 9.17) is 4.74 Å². The highest BCUT2D eigenvalue weighted by molar-refractivity contribution is 5.70. The molecule has 1 aliphatic heterocycles. The molecule has 4 rings (SSSR count). The summed E-state index contributed by atoms with van der Waals surface area (Å²) in [6, 6.07) is 8.19. The topological polar surface area (TPSA) is 56.1 Å². The Morgan fingerprint density at radius 3 is 3.05 bits per heavy atom. The minimum absolute atomic E-state index is 0.130.